The lowest BCUT2D eigenvalue weighted by molar-refractivity contribution is 0.0398. The van der Waals surface area contributed by atoms with Gasteiger partial charge in [-0.2, -0.15) is 0 Å². The highest BCUT2D eigenvalue weighted by Crippen LogP contribution is 2.53. The standard InChI is InChI=1S/C14H20O/c1-3-4-10-15-14(2)11-13(14)12-8-6-5-7-9-12/h5-9,13H,3-4,10-11H2,1-2H3/t13-,14-/m1/s1. The quantitative estimate of drug-likeness (QED) is 0.664. The summed E-state index contributed by atoms with van der Waals surface area (Å²) in [6.07, 6.45) is 3.57. The van der Waals surface area contributed by atoms with Crippen LogP contribution in [0.3, 0.4) is 0 Å². The molecule has 1 saturated carbocycles. The zero-order valence-corrected chi connectivity index (χ0v) is 9.70. The van der Waals surface area contributed by atoms with Crippen LogP contribution in [0, 0.1) is 0 Å². The first-order valence-corrected chi connectivity index (χ1v) is 5.95. The van der Waals surface area contributed by atoms with E-state index in [1.807, 2.05) is 0 Å². The molecule has 82 valence electrons. The molecule has 0 radical (unpaired) electrons. The van der Waals surface area contributed by atoms with Crippen molar-refractivity contribution in [2.24, 2.45) is 0 Å². The van der Waals surface area contributed by atoms with Crippen LogP contribution in [0.1, 0.15) is 44.6 Å². The molecule has 1 nitrogen and oxygen atoms in total. The lowest BCUT2D eigenvalue weighted by Crippen LogP contribution is -2.12. The van der Waals surface area contributed by atoms with E-state index >= 15 is 0 Å². The number of unbranched alkanes of at least 4 members (excludes halogenated alkanes) is 1. The Morgan fingerprint density at radius 2 is 2.07 bits per heavy atom. The zero-order valence-electron chi connectivity index (χ0n) is 9.70. The zero-order chi connectivity index (χ0) is 10.7. The van der Waals surface area contributed by atoms with Gasteiger partial charge in [0, 0.05) is 12.5 Å². The van der Waals surface area contributed by atoms with Crippen LogP contribution in [-0.4, -0.2) is 12.2 Å². The smallest absolute Gasteiger partial charge is 0.0730 e. The fraction of sp³-hybridized carbons (Fsp3) is 0.571. The summed E-state index contributed by atoms with van der Waals surface area (Å²) >= 11 is 0. The van der Waals surface area contributed by atoms with Crippen LogP contribution < -0.4 is 0 Å². The molecule has 0 amide bonds. The maximum Gasteiger partial charge on any atom is 0.0730 e. The molecule has 1 aromatic rings. The van der Waals surface area contributed by atoms with Crippen LogP contribution in [0.2, 0.25) is 0 Å². The van der Waals surface area contributed by atoms with Gasteiger partial charge >= 0.3 is 0 Å². The van der Waals surface area contributed by atoms with Gasteiger partial charge < -0.3 is 4.74 Å². The molecular weight excluding hydrogens is 184 g/mol. The van der Waals surface area contributed by atoms with E-state index in [0.29, 0.717) is 5.92 Å². The Bertz CT molecular complexity index is 306. The molecule has 2 rings (SSSR count). The van der Waals surface area contributed by atoms with E-state index < -0.39 is 0 Å². The monoisotopic (exact) mass is 204 g/mol. The van der Waals surface area contributed by atoms with E-state index in [0.717, 1.165) is 6.61 Å². The van der Waals surface area contributed by atoms with Crippen molar-refractivity contribution in [2.75, 3.05) is 6.61 Å². The predicted octanol–water partition coefficient (Wildman–Crippen LogP) is 3.75. The van der Waals surface area contributed by atoms with Gasteiger partial charge in [-0.05, 0) is 25.3 Å². The van der Waals surface area contributed by atoms with Crippen molar-refractivity contribution in [2.45, 2.75) is 44.6 Å². The maximum absolute atomic E-state index is 5.95. The second-order valence-corrected chi connectivity index (χ2v) is 4.68. The third-order valence-electron chi connectivity index (χ3n) is 3.32. The summed E-state index contributed by atoms with van der Waals surface area (Å²) in [7, 11) is 0. The van der Waals surface area contributed by atoms with Gasteiger partial charge in [0.15, 0.2) is 0 Å². The van der Waals surface area contributed by atoms with Gasteiger partial charge in [0.05, 0.1) is 5.60 Å². The third kappa shape index (κ3) is 2.40. The highest BCUT2D eigenvalue weighted by molar-refractivity contribution is 5.30. The highest BCUT2D eigenvalue weighted by atomic mass is 16.5. The SMILES string of the molecule is CCCCO[C@]1(C)C[C@@H]1c1ccccc1. The summed E-state index contributed by atoms with van der Waals surface area (Å²) in [6, 6.07) is 10.7. The number of hydrogen-bond donors (Lipinski definition) is 0. The molecule has 1 heteroatoms. The third-order valence-corrected chi connectivity index (χ3v) is 3.32. The Morgan fingerprint density at radius 1 is 1.33 bits per heavy atom. The van der Waals surface area contributed by atoms with Crippen molar-refractivity contribution in [3.05, 3.63) is 35.9 Å². The summed E-state index contributed by atoms with van der Waals surface area (Å²) < 4.78 is 5.95. The molecule has 2 atom stereocenters. The molecule has 0 bridgehead atoms. The Balaban J connectivity index is 1.89. The molecule has 0 saturated heterocycles. The Morgan fingerprint density at radius 3 is 2.73 bits per heavy atom. The molecule has 0 heterocycles. The summed E-state index contributed by atoms with van der Waals surface area (Å²) in [5.74, 6) is 0.621. The molecule has 0 N–H and O–H groups in total. The van der Waals surface area contributed by atoms with Gasteiger partial charge in [0.25, 0.3) is 0 Å². The van der Waals surface area contributed by atoms with Crippen LogP contribution >= 0.6 is 0 Å². The largest absolute Gasteiger partial charge is 0.375 e. The second-order valence-electron chi connectivity index (χ2n) is 4.68. The molecule has 1 aliphatic carbocycles. The van der Waals surface area contributed by atoms with Crippen molar-refractivity contribution in [3.8, 4) is 0 Å². The molecule has 0 aromatic heterocycles. The van der Waals surface area contributed by atoms with Gasteiger partial charge in [-0.15, -0.1) is 0 Å². The Hall–Kier alpha value is -0.820. The van der Waals surface area contributed by atoms with E-state index in [2.05, 4.69) is 44.2 Å². The van der Waals surface area contributed by atoms with Crippen molar-refractivity contribution < 1.29 is 4.74 Å². The number of ether oxygens (including phenoxy) is 1. The molecule has 1 aromatic carbocycles. The highest BCUT2D eigenvalue weighted by Gasteiger charge is 2.51. The lowest BCUT2D eigenvalue weighted by Gasteiger charge is -2.12. The minimum atomic E-state index is 0.122. The molecule has 1 fully saturated rings. The van der Waals surface area contributed by atoms with E-state index in [-0.39, 0.29) is 5.60 Å². The van der Waals surface area contributed by atoms with Crippen LogP contribution in [0.15, 0.2) is 30.3 Å². The summed E-state index contributed by atoms with van der Waals surface area (Å²) in [6.45, 7) is 5.35. The van der Waals surface area contributed by atoms with Crippen molar-refractivity contribution in [3.63, 3.8) is 0 Å². The molecule has 15 heavy (non-hydrogen) atoms. The average Bonchev–Trinajstić information content (AvgIpc) is 2.93. The molecular formula is C14H20O. The Labute approximate surface area is 92.5 Å². The van der Waals surface area contributed by atoms with E-state index in [4.69, 9.17) is 4.74 Å². The fourth-order valence-corrected chi connectivity index (χ4v) is 2.11. The van der Waals surface area contributed by atoms with Crippen LogP contribution in [0.25, 0.3) is 0 Å². The maximum atomic E-state index is 5.95. The number of benzene rings is 1. The molecule has 0 aliphatic heterocycles. The molecule has 1 aliphatic rings. The van der Waals surface area contributed by atoms with E-state index in [9.17, 15) is 0 Å². The van der Waals surface area contributed by atoms with Crippen molar-refractivity contribution >= 4 is 0 Å². The number of hydrogen-bond acceptors (Lipinski definition) is 1. The van der Waals surface area contributed by atoms with E-state index in [1.54, 1.807) is 0 Å². The first-order valence-electron chi connectivity index (χ1n) is 5.95. The fourth-order valence-electron chi connectivity index (χ4n) is 2.11. The van der Waals surface area contributed by atoms with Crippen molar-refractivity contribution in [1.29, 1.82) is 0 Å². The first-order chi connectivity index (χ1) is 7.26. The second kappa shape index (κ2) is 4.36. The van der Waals surface area contributed by atoms with E-state index in [1.165, 1.54) is 24.8 Å². The van der Waals surface area contributed by atoms with Crippen LogP contribution in [0.4, 0.5) is 0 Å². The average molecular weight is 204 g/mol. The molecule has 0 unspecified atom stereocenters. The van der Waals surface area contributed by atoms with Gasteiger partial charge in [0.1, 0.15) is 0 Å². The van der Waals surface area contributed by atoms with Gasteiger partial charge in [-0.1, -0.05) is 43.7 Å². The Kier molecular flexibility index (Phi) is 3.11. The van der Waals surface area contributed by atoms with Crippen LogP contribution in [0.5, 0.6) is 0 Å². The van der Waals surface area contributed by atoms with Crippen LogP contribution in [-0.2, 0) is 4.74 Å². The van der Waals surface area contributed by atoms with Gasteiger partial charge in [-0.25, -0.2) is 0 Å². The summed E-state index contributed by atoms with van der Waals surface area (Å²) in [5.41, 5.74) is 1.55. The van der Waals surface area contributed by atoms with Gasteiger partial charge in [-0.3, -0.25) is 0 Å². The predicted molar refractivity (Wildman–Crippen MR) is 63.1 cm³/mol. The van der Waals surface area contributed by atoms with Gasteiger partial charge in [0.2, 0.25) is 0 Å². The summed E-state index contributed by atoms with van der Waals surface area (Å²) in [4.78, 5) is 0. The number of rotatable bonds is 5. The summed E-state index contributed by atoms with van der Waals surface area (Å²) in [5, 5.41) is 0. The normalized spacial score (nSPS) is 29.1. The first kappa shape index (κ1) is 10.7. The van der Waals surface area contributed by atoms with Crippen molar-refractivity contribution in [1.82, 2.24) is 0 Å². The molecule has 0 spiro atoms. The minimum Gasteiger partial charge on any atom is -0.375 e. The lowest BCUT2D eigenvalue weighted by atomic mass is 10.1. The topological polar surface area (TPSA) is 9.23 Å². The minimum absolute atomic E-state index is 0.122.